The van der Waals surface area contributed by atoms with E-state index < -0.39 is 29.0 Å². The Morgan fingerprint density at radius 1 is 1.37 bits per heavy atom. The van der Waals surface area contributed by atoms with Crippen LogP contribution >= 0.6 is 0 Å². The molecule has 0 bridgehead atoms. The molecule has 0 saturated carbocycles. The van der Waals surface area contributed by atoms with Gasteiger partial charge in [-0.3, -0.25) is 4.79 Å². The normalized spacial score (nSPS) is 19.2. The summed E-state index contributed by atoms with van der Waals surface area (Å²) in [5.41, 5.74) is -0.453. The zero-order valence-electron chi connectivity index (χ0n) is 10.3. The van der Waals surface area contributed by atoms with Crippen LogP contribution in [0.15, 0.2) is 12.1 Å². The number of amides is 1. The Balaban J connectivity index is 1.98. The number of benzene rings is 1. The van der Waals surface area contributed by atoms with Gasteiger partial charge in [-0.05, 0) is 31.8 Å². The van der Waals surface area contributed by atoms with Crippen molar-refractivity contribution in [2.75, 3.05) is 18.4 Å². The molecule has 6 heteroatoms. The van der Waals surface area contributed by atoms with Crippen molar-refractivity contribution in [3.8, 4) is 0 Å². The number of nitrogens with one attached hydrogen (secondary N) is 2. The van der Waals surface area contributed by atoms with Gasteiger partial charge in [-0.25, -0.2) is 13.2 Å². The Hall–Kier alpha value is -1.56. The Labute approximate surface area is 109 Å². The lowest BCUT2D eigenvalue weighted by atomic mass is 9.96. The number of carbonyl (C=O) groups excluding carboxylic acids is 1. The fourth-order valence-electron chi connectivity index (χ4n) is 2.21. The smallest absolute Gasteiger partial charge is 0.224 e. The fraction of sp³-hybridized carbons (Fsp3) is 0.462. The first-order valence-corrected chi connectivity index (χ1v) is 6.21. The second-order valence-electron chi connectivity index (χ2n) is 4.71. The van der Waals surface area contributed by atoms with Crippen LogP contribution in [0.25, 0.3) is 0 Å². The molecule has 2 rings (SSSR count). The minimum absolute atomic E-state index is 0.176. The third kappa shape index (κ3) is 3.70. The molecule has 104 valence electrons. The van der Waals surface area contributed by atoms with E-state index in [1.54, 1.807) is 0 Å². The first-order chi connectivity index (χ1) is 9.06. The van der Waals surface area contributed by atoms with E-state index in [-0.39, 0.29) is 12.3 Å². The molecule has 1 saturated heterocycles. The molecular weight excluding hydrogens is 257 g/mol. The van der Waals surface area contributed by atoms with Crippen molar-refractivity contribution in [2.24, 2.45) is 5.92 Å². The second kappa shape index (κ2) is 6.06. The van der Waals surface area contributed by atoms with Crippen molar-refractivity contribution < 1.29 is 18.0 Å². The topological polar surface area (TPSA) is 41.1 Å². The highest BCUT2D eigenvalue weighted by Crippen LogP contribution is 2.20. The van der Waals surface area contributed by atoms with E-state index in [1.165, 1.54) is 0 Å². The third-order valence-corrected chi connectivity index (χ3v) is 3.14. The molecule has 1 fully saturated rings. The van der Waals surface area contributed by atoms with Crippen molar-refractivity contribution in [1.29, 1.82) is 0 Å². The molecule has 0 radical (unpaired) electrons. The zero-order valence-corrected chi connectivity index (χ0v) is 10.3. The molecule has 1 unspecified atom stereocenters. The predicted molar refractivity (Wildman–Crippen MR) is 65.2 cm³/mol. The van der Waals surface area contributed by atoms with E-state index >= 15 is 0 Å². The van der Waals surface area contributed by atoms with Crippen LogP contribution in [-0.2, 0) is 4.79 Å². The molecule has 0 spiro atoms. The van der Waals surface area contributed by atoms with Gasteiger partial charge < -0.3 is 10.6 Å². The van der Waals surface area contributed by atoms with Gasteiger partial charge in [0.25, 0.3) is 0 Å². The molecule has 1 amide bonds. The Morgan fingerprint density at radius 2 is 2.16 bits per heavy atom. The summed E-state index contributed by atoms with van der Waals surface area (Å²) in [5, 5.41) is 5.38. The predicted octanol–water partition coefficient (Wildman–Crippen LogP) is 2.43. The lowest BCUT2D eigenvalue weighted by molar-refractivity contribution is -0.117. The van der Waals surface area contributed by atoms with Crippen LogP contribution < -0.4 is 10.6 Å². The van der Waals surface area contributed by atoms with Crippen molar-refractivity contribution >= 4 is 11.6 Å². The van der Waals surface area contributed by atoms with Crippen molar-refractivity contribution in [1.82, 2.24) is 5.32 Å². The molecule has 1 aromatic carbocycles. The number of rotatable bonds is 3. The average molecular weight is 272 g/mol. The van der Waals surface area contributed by atoms with E-state index in [4.69, 9.17) is 0 Å². The number of halogens is 3. The molecule has 1 aromatic rings. The number of piperidine rings is 1. The average Bonchev–Trinajstić information content (AvgIpc) is 2.36. The number of hydrogen-bond donors (Lipinski definition) is 2. The summed E-state index contributed by atoms with van der Waals surface area (Å²) in [6.45, 7) is 1.66. The van der Waals surface area contributed by atoms with Gasteiger partial charge in [0.2, 0.25) is 5.91 Å². The highest BCUT2D eigenvalue weighted by atomic mass is 19.2. The van der Waals surface area contributed by atoms with E-state index in [0.717, 1.165) is 32.0 Å². The van der Waals surface area contributed by atoms with Gasteiger partial charge in [0.1, 0.15) is 5.82 Å². The molecule has 1 heterocycles. The molecule has 0 aliphatic carbocycles. The number of hydrogen-bond acceptors (Lipinski definition) is 2. The molecule has 1 aliphatic heterocycles. The SMILES string of the molecule is O=C(CC1CCCNC1)Nc1cc(F)cc(F)c1F. The second-order valence-corrected chi connectivity index (χ2v) is 4.71. The van der Waals surface area contributed by atoms with Crippen molar-refractivity contribution in [3.63, 3.8) is 0 Å². The first-order valence-electron chi connectivity index (χ1n) is 6.21. The minimum atomic E-state index is -1.31. The van der Waals surface area contributed by atoms with E-state index in [9.17, 15) is 18.0 Å². The zero-order chi connectivity index (χ0) is 13.8. The van der Waals surface area contributed by atoms with Gasteiger partial charge in [0.05, 0.1) is 5.69 Å². The standard InChI is InChI=1S/C13H15F3N2O/c14-9-5-10(15)13(16)11(6-9)18-12(19)4-8-2-1-3-17-7-8/h5-6,8,17H,1-4,7H2,(H,18,19). The van der Waals surface area contributed by atoms with Crippen LogP contribution in [0.3, 0.4) is 0 Å². The summed E-state index contributed by atoms with van der Waals surface area (Å²) in [5.74, 6) is -3.73. The first kappa shape index (κ1) is 13.9. The lowest BCUT2D eigenvalue weighted by Gasteiger charge is -2.22. The maximum absolute atomic E-state index is 13.4. The highest BCUT2D eigenvalue weighted by Gasteiger charge is 2.19. The lowest BCUT2D eigenvalue weighted by Crippen LogP contribution is -2.32. The molecular formula is C13H15F3N2O. The van der Waals surface area contributed by atoms with Crippen LogP contribution in [0.4, 0.5) is 18.9 Å². The Morgan fingerprint density at radius 3 is 2.84 bits per heavy atom. The van der Waals surface area contributed by atoms with Crippen molar-refractivity contribution in [3.05, 3.63) is 29.6 Å². The summed E-state index contributed by atoms with van der Waals surface area (Å²) in [6.07, 6.45) is 2.12. The molecule has 2 N–H and O–H groups in total. The van der Waals surface area contributed by atoms with Gasteiger partial charge in [-0.15, -0.1) is 0 Å². The van der Waals surface area contributed by atoms with Gasteiger partial charge >= 0.3 is 0 Å². The van der Waals surface area contributed by atoms with Crippen LogP contribution in [-0.4, -0.2) is 19.0 Å². The fourth-order valence-corrected chi connectivity index (χ4v) is 2.21. The summed E-state index contributed by atoms with van der Waals surface area (Å²) in [7, 11) is 0. The largest absolute Gasteiger partial charge is 0.323 e. The molecule has 0 aromatic heterocycles. The monoisotopic (exact) mass is 272 g/mol. The van der Waals surface area contributed by atoms with Gasteiger partial charge in [-0.1, -0.05) is 0 Å². The molecule has 3 nitrogen and oxygen atoms in total. The summed E-state index contributed by atoms with van der Waals surface area (Å²) in [6, 6.07) is 1.21. The van der Waals surface area contributed by atoms with Crippen LogP contribution in [0.2, 0.25) is 0 Å². The maximum atomic E-state index is 13.4. The van der Waals surface area contributed by atoms with E-state index in [1.807, 2.05) is 0 Å². The third-order valence-electron chi connectivity index (χ3n) is 3.14. The van der Waals surface area contributed by atoms with Gasteiger partial charge in [0.15, 0.2) is 11.6 Å². The number of carbonyl (C=O) groups is 1. The van der Waals surface area contributed by atoms with E-state index in [0.29, 0.717) is 6.07 Å². The summed E-state index contributed by atoms with van der Waals surface area (Å²) < 4.78 is 39.3. The van der Waals surface area contributed by atoms with Crippen molar-refractivity contribution in [2.45, 2.75) is 19.3 Å². The van der Waals surface area contributed by atoms with Crippen LogP contribution in [0.1, 0.15) is 19.3 Å². The maximum Gasteiger partial charge on any atom is 0.224 e. The summed E-state index contributed by atoms with van der Waals surface area (Å²) >= 11 is 0. The Bertz CT molecular complexity index is 473. The van der Waals surface area contributed by atoms with Crippen LogP contribution in [0, 0.1) is 23.4 Å². The van der Waals surface area contributed by atoms with Gasteiger partial charge in [0, 0.05) is 18.6 Å². The van der Waals surface area contributed by atoms with Crippen LogP contribution in [0.5, 0.6) is 0 Å². The number of anilines is 1. The quantitative estimate of drug-likeness (QED) is 0.830. The Kier molecular flexibility index (Phi) is 4.42. The highest BCUT2D eigenvalue weighted by molar-refractivity contribution is 5.91. The minimum Gasteiger partial charge on any atom is -0.323 e. The summed E-state index contributed by atoms with van der Waals surface area (Å²) in [4.78, 5) is 11.7. The van der Waals surface area contributed by atoms with Gasteiger partial charge in [-0.2, -0.15) is 0 Å². The molecule has 1 aliphatic rings. The molecule has 19 heavy (non-hydrogen) atoms. The molecule has 1 atom stereocenters. The van der Waals surface area contributed by atoms with E-state index in [2.05, 4.69) is 10.6 Å².